The minimum Gasteiger partial charge on any atom is -0.458 e. The number of Topliss-reactive ketones (excluding diaryl/α,β-unsaturated/α-hetero) is 1. The number of para-hydroxylation sites is 5. The molecule has 0 heterocycles. The van der Waals surface area contributed by atoms with E-state index in [2.05, 4.69) is 60.7 Å². The van der Waals surface area contributed by atoms with Crippen molar-refractivity contribution < 1.29 is 42.7 Å². The number of hydrogen-bond donors (Lipinski definition) is 0. The van der Waals surface area contributed by atoms with Gasteiger partial charge in [0.1, 0.15) is 58.2 Å². The summed E-state index contributed by atoms with van der Waals surface area (Å²) < 4.78 is 38.6. The lowest BCUT2D eigenvalue weighted by Crippen LogP contribution is -2.14. The molecule has 9 heteroatoms. The van der Waals surface area contributed by atoms with Crippen LogP contribution in [0, 0.1) is 0 Å². The smallest absolute Gasteiger partial charge is 0.319 e. The SMILES string of the molecule is C.C.C.C.C.C.C.C.C.C.C.C.C.C.C.C.CC.CC.CC.CC.CC.CC.CC.CC.O=C(CC(=O)c1ccccc1)Oc1ccccc1.c1ccc(Cc2ccccc2)cc1.c1ccc(OCOc2ccccc2)cc1.c1ccc(Oc2ccc(OCOc3ccc(Oc4ccccc4)cc3)cc2)cc1. The molecule has 0 bridgehead atoms. The molecule has 0 fully saturated rings. The number of ketones is 1. The molecule has 0 atom stereocenters. The van der Waals surface area contributed by atoms with E-state index in [-0.39, 0.29) is 145 Å². The van der Waals surface area contributed by atoms with Gasteiger partial charge in [0.25, 0.3) is 0 Å². The second-order valence-corrected chi connectivity index (χ2v) is 16.1. The molecule has 107 heavy (non-hydrogen) atoms. The summed E-state index contributed by atoms with van der Waals surface area (Å²) in [5, 5.41) is 0. The molecule has 0 saturated heterocycles. The van der Waals surface area contributed by atoms with Gasteiger partial charge in [-0.05, 0) is 127 Å². The van der Waals surface area contributed by atoms with E-state index < -0.39 is 5.97 Å². The molecule has 0 spiro atoms. The largest absolute Gasteiger partial charge is 0.458 e. The van der Waals surface area contributed by atoms with Gasteiger partial charge in [0.05, 0.1) is 0 Å². The molecular formula is C98H168O9. The lowest BCUT2D eigenvalue weighted by atomic mass is 10.1. The minimum absolute atomic E-state index is 0. The van der Waals surface area contributed by atoms with Crippen LogP contribution in [-0.2, 0) is 11.2 Å². The predicted molar refractivity (Wildman–Crippen MR) is 493 cm³/mol. The van der Waals surface area contributed by atoms with Crippen molar-refractivity contribution >= 4 is 11.8 Å². The fourth-order valence-corrected chi connectivity index (χ4v) is 6.76. The van der Waals surface area contributed by atoms with Crippen molar-refractivity contribution in [2.75, 3.05) is 13.6 Å². The van der Waals surface area contributed by atoms with Crippen LogP contribution in [-0.4, -0.2) is 25.3 Å². The van der Waals surface area contributed by atoms with E-state index in [4.69, 9.17) is 33.2 Å². The highest BCUT2D eigenvalue weighted by molar-refractivity contribution is 6.06. The number of hydrogen-bond acceptors (Lipinski definition) is 9. The Morgan fingerprint density at radius 1 is 0.215 bits per heavy atom. The van der Waals surface area contributed by atoms with E-state index >= 15 is 0 Å². The fourth-order valence-electron chi connectivity index (χ4n) is 6.76. The third kappa shape index (κ3) is 70.2. The molecule has 0 amide bonds. The first kappa shape index (κ1) is 143. The number of benzene rings is 10. The van der Waals surface area contributed by atoms with Crippen molar-refractivity contribution in [3.8, 4) is 51.7 Å². The van der Waals surface area contributed by atoms with Crippen LogP contribution >= 0.6 is 0 Å². The Kier molecular flexibility index (Phi) is 140. The summed E-state index contributed by atoms with van der Waals surface area (Å²) >= 11 is 0. The average Bonchev–Trinajstić information content (AvgIpc) is 0.835. The number of carbonyl (C=O) groups is 2. The molecule has 10 aromatic carbocycles. The Bertz CT molecular complexity index is 2940. The van der Waals surface area contributed by atoms with Gasteiger partial charge in [-0.3, -0.25) is 9.59 Å². The molecule has 0 N–H and O–H groups in total. The van der Waals surface area contributed by atoms with Gasteiger partial charge in [-0.25, -0.2) is 0 Å². The average molecular weight is 1490 g/mol. The molecule has 614 valence electrons. The van der Waals surface area contributed by atoms with Crippen LogP contribution < -0.4 is 33.2 Å². The highest BCUT2D eigenvalue weighted by Gasteiger charge is 2.13. The molecule has 0 aromatic heterocycles. The van der Waals surface area contributed by atoms with Crippen molar-refractivity contribution in [2.45, 2.75) is 242 Å². The van der Waals surface area contributed by atoms with Gasteiger partial charge in [0, 0.05) is 5.56 Å². The van der Waals surface area contributed by atoms with Crippen LogP contribution in [0.25, 0.3) is 0 Å². The van der Waals surface area contributed by atoms with Crippen LogP contribution in [0.1, 0.15) is 258 Å². The molecule has 0 radical (unpaired) electrons. The van der Waals surface area contributed by atoms with Gasteiger partial charge in [-0.1, -0.05) is 412 Å². The Morgan fingerprint density at radius 2 is 0.393 bits per heavy atom. The number of ether oxygens (including phenoxy) is 7. The maximum absolute atomic E-state index is 11.7. The lowest BCUT2D eigenvalue weighted by molar-refractivity contribution is -0.133. The van der Waals surface area contributed by atoms with Gasteiger partial charge in [0.15, 0.2) is 5.78 Å². The zero-order valence-corrected chi connectivity index (χ0v) is 57.2. The lowest BCUT2D eigenvalue weighted by Gasteiger charge is -2.10. The number of carbonyl (C=O) groups excluding carboxylic acids is 2. The Morgan fingerprint density at radius 3 is 0.636 bits per heavy atom. The molecule has 0 saturated carbocycles. The molecule has 0 aliphatic heterocycles. The Balaban J connectivity index is -0.0000000569. The van der Waals surface area contributed by atoms with Gasteiger partial charge in [-0.15, -0.1) is 0 Å². The van der Waals surface area contributed by atoms with Crippen molar-refractivity contribution in [3.63, 3.8) is 0 Å². The van der Waals surface area contributed by atoms with Crippen LogP contribution in [0.2, 0.25) is 0 Å². The monoisotopic (exact) mass is 1490 g/mol. The van der Waals surface area contributed by atoms with Crippen molar-refractivity contribution in [3.05, 3.63) is 308 Å². The fraction of sp³-hybridized carbons (Fsp3) is 0.367. The van der Waals surface area contributed by atoms with Gasteiger partial charge in [-0.2, -0.15) is 0 Å². The summed E-state index contributed by atoms with van der Waals surface area (Å²) in [5.74, 6) is 5.78. The summed E-state index contributed by atoms with van der Waals surface area (Å²) in [6.07, 6.45) is 0.778. The van der Waals surface area contributed by atoms with Crippen molar-refractivity contribution in [1.29, 1.82) is 0 Å². The van der Waals surface area contributed by atoms with E-state index in [1.807, 2.05) is 293 Å². The molecule has 10 aromatic rings. The molecule has 0 aliphatic carbocycles. The third-order valence-electron chi connectivity index (χ3n) is 10.5. The van der Waals surface area contributed by atoms with Crippen LogP contribution in [0.5, 0.6) is 51.7 Å². The minimum atomic E-state index is -0.546. The molecule has 0 aliphatic rings. The van der Waals surface area contributed by atoms with Gasteiger partial charge < -0.3 is 33.2 Å². The normalized spacial score (nSPS) is 7.40. The summed E-state index contributed by atoms with van der Waals surface area (Å²) in [6, 6.07) is 91.8. The Hall–Kier alpha value is -9.86. The first-order chi connectivity index (χ1) is 45.0. The molecule has 10 rings (SSSR count). The van der Waals surface area contributed by atoms with E-state index in [9.17, 15) is 9.59 Å². The van der Waals surface area contributed by atoms with Crippen LogP contribution in [0.4, 0.5) is 0 Å². The zero-order chi connectivity index (χ0) is 67.8. The maximum Gasteiger partial charge on any atom is 0.319 e. The maximum atomic E-state index is 11.7. The predicted octanol–water partition coefficient (Wildman–Crippen LogP) is 34.3. The molecule has 0 unspecified atom stereocenters. The highest BCUT2D eigenvalue weighted by atomic mass is 16.7. The highest BCUT2D eigenvalue weighted by Crippen LogP contribution is 2.26. The van der Waals surface area contributed by atoms with E-state index in [1.54, 1.807) is 48.5 Å². The molecular weight excluding hydrogens is 1320 g/mol. The van der Waals surface area contributed by atoms with Gasteiger partial charge in [0.2, 0.25) is 13.6 Å². The Labute approximate surface area is 666 Å². The quantitative estimate of drug-likeness (QED) is 0.0273. The summed E-state index contributed by atoms with van der Waals surface area (Å²) in [6.45, 7) is 32.3. The van der Waals surface area contributed by atoms with Crippen molar-refractivity contribution in [1.82, 2.24) is 0 Å². The first-order valence-electron chi connectivity index (χ1n) is 32.2. The summed E-state index contributed by atoms with van der Waals surface area (Å²) in [4.78, 5) is 23.3. The first-order valence-corrected chi connectivity index (χ1v) is 32.2. The summed E-state index contributed by atoms with van der Waals surface area (Å²) in [5.41, 5.74) is 3.25. The van der Waals surface area contributed by atoms with Crippen LogP contribution in [0.15, 0.2) is 291 Å². The van der Waals surface area contributed by atoms with E-state index in [0.717, 1.165) is 40.9 Å². The third-order valence-corrected chi connectivity index (χ3v) is 10.5. The number of esters is 1. The standard InChI is InChI=1S/C25H20O4.C15H12O3.C13H12O2.C13H12.8C2H6.16CH4/c1-3-7-22(8-4-1)28-24-15-11-20(12-16-24)26-19-27-21-13-17-25(18-14-21)29-23-9-5-2-6-10-23;16-14(12-7-3-1-4-8-12)11-15(17)18-13-9-5-2-6-10-13;1-3-7-12(8-4-1)14-11-15-13-9-5-2-6-10-13;1-3-7-12(8-4-1)11-13-9-5-2-6-10-13;8*1-2;;;;;;;;;;;;;;;;/h1-18H,19H2;1-10H,11H2;1-10H,11H2;1-10H,11H2;8*1-2H3;16*1H4. The van der Waals surface area contributed by atoms with Crippen molar-refractivity contribution in [2.24, 2.45) is 0 Å². The van der Waals surface area contributed by atoms with Crippen LogP contribution in [0.3, 0.4) is 0 Å². The van der Waals surface area contributed by atoms with E-state index in [0.29, 0.717) is 22.8 Å². The topological polar surface area (TPSA) is 98.8 Å². The molecule has 9 nitrogen and oxygen atoms in total. The second kappa shape index (κ2) is 105. The number of rotatable bonds is 18. The summed E-state index contributed by atoms with van der Waals surface area (Å²) in [7, 11) is 0. The van der Waals surface area contributed by atoms with Gasteiger partial charge >= 0.3 is 5.97 Å². The second-order valence-electron chi connectivity index (χ2n) is 16.1. The zero-order valence-electron chi connectivity index (χ0n) is 57.2. The van der Waals surface area contributed by atoms with E-state index in [1.165, 1.54) is 11.1 Å².